The lowest BCUT2D eigenvalue weighted by Crippen LogP contribution is -2.43. The molecule has 0 saturated carbocycles. The molecule has 0 aliphatic carbocycles. The van der Waals surface area contributed by atoms with Gasteiger partial charge in [0.15, 0.2) is 25.1 Å². The largest absolute Gasteiger partial charge is 0.544 e. The monoisotopic (exact) mass is 473 g/mol. The van der Waals surface area contributed by atoms with Crippen molar-refractivity contribution in [2.45, 2.75) is 38.9 Å². The SMILES string of the molecule is COCOc1ccc(/C=C/C(=O)Nc2ccc(O[Si](C)(C)C(C)(C)C)cc2)cc1OCOC. The van der Waals surface area contributed by atoms with Gasteiger partial charge in [-0.15, -0.1) is 0 Å². The Kier molecular flexibility index (Phi) is 9.52. The summed E-state index contributed by atoms with van der Waals surface area (Å²) < 4.78 is 27.2. The van der Waals surface area contributed by atoms with E-state index in [2.05, 4.69) is 39.2 Å². The predicted molar refractivity (Wildman–Crippen MR) is 133 cm³/mol. The first-order valence-electron chi connectivity index (χ1n) is 10.7. The van der Waals surface area contributed by atoms with Crippen LogP contribution in [0.4, 0.5) is 5.69 Å². The zero-order chi connectivity index (χ0) is 24.5. The minimum absolute atomic E-state index is 0.0755. The Bertz CT molecular complexity index is 935. The molecule has 2 rings (SSSR count). The summed E-state index contributed by atoms with van der Waals surface area (Å²) in [5, 5.41) is 2.98. The van der Waals surface area contributed by atoms with Crippen LogP contribution in [0.25, 0.3) is 6.08 Å². The van der Waals surface area contributed by atoms with Crippen molar-refractivity contribution in [3.8, 4) is 17.2 Å². The molecule has 1 amide bonds. The third-order valence-electron chi connectivity index (χ3n) is 5.36. The Morgan fingerprint density at radius 2 is 1.55 bits per heavy atom. The van der Waals surface area contributed by atoms with Crippen LogP contribution in [0.2, 0.25) is 18.1 Å². The second kappa shape index (κ2) is 11.9. The molecule has 1 N–H and O–H groups in total. The van der Waals surface area contributed by atoms with Crippen molar-refractivity contribution < 1.29 is 28.2 Å². The number of benzene rings is 2. The summed E-state index contributed by atoms with van der Waals surface area (Å²) in [6.45, 7) is 11.2. The Morgan fingerprint density at radius 1 is 0.939 bits per heavy atom. The van der Waals surface area contributed by atoms with Crippen LogP contribution in [-0.2, 0) is 14.3 Å². The summed E-state index contributed by atoms with van der Waals surface area (Å²) in [6, 6.07) is 12.8. The van der Waals surface area contributed by atoms with Crippen molar-refractivity contribution in [1.29, 1.82) is 0 Å². The summed E-state index contributed by atoms with van der Waals surface area (Å²) in [5.41, 5.74) is 1.47. The Morgan fingerprint density at radius 3 is 2.12 bits per heavy atom. The molecule has 0 unspecified atom stereocenters. The van der Waals surface area contributed by atoms with Gasteiger partial charge >= 0.3 is 0 Å². The fraction of sp³-hybridized carbons (Fsp3) is 0.400. The first-order chi connectivity index (χ1) is 15.6. The quantitative estimate of drug-likeness (QED) is 0.257. The molecule has 0 saturated heterocycles. The van der Waals surface area contributed by atoms with Crippen LogP contribution >= 0.6 is 0 Å². The van der Waals surface area contributed by atoms with Crippen LogP contribution in [0.15, 0.2) is 48.5 Å². The third-order valence-corrected chi connectivity index (χ3v) is 9.72. The van der Waals surface area contributed by atoms with E-state index in [9.17, 15) is 4.79 Å². The summed E-state index contributed by atoms with van der Waals surface area (Å²) >= 11 is 0. The minimum Gasteiger partial charge on any atom is -0.544 e. The maximum atomic E-state index is 12.4. The molecule has 8 heteroatoms. The smallest absolute Gasteiger partial charge is 0.250 e. The lowest BCUT2D eigenvalue weighted by Gasteiger charge is -2.36. The molecular formula is C25H35NO6Si. The summed E-state index contributed by atoms with van der Waals surface area (Å²) in [7, 11) is 1.18. The highest BCUT2D eigenvalue weighted by atomic mass is 28.4. The normalized spacial score (nSPS) is 12.0. The van der Waals surface area contributed by atoms with Gasteiger partial charge in [0, 0.05) is 26.0 Å². The van der Waals surface area contributed by atoms with E-state index >= 15 is 0 Å². The molecule has 0 fully saturated rings. The molecule has 0 heterocycles. The molecule has 7 nitrogen and oxygen atoms in total. The molecule has 0 aromatic heterocycles. The molecule has 0 aliphatic heterocycles. The van der Waals surface area contributed by atoms with Crippen LogP contribution in [0.3, 0.4) is 0 Å². The van der Waals surface area contributed by atoms with Crippen LogP contribution in [0, 0.1) is 0 Å². The average Bonchev–Trinajstić information content (AvgIpc) is 2.75. The maximum absolute atomic E-state index is 12.4. The third kappa shape index (κ3) is 8.23. The first kappa shape index (κ1) is 26.4. The topological polar surface area (TPSA) is 75.3 Å². The van der Waals surface area contributed by atoms with E-state index in [1.54, 1.807) is 25.3 Å². The number of carbonyl (C=O) groups excluding carboxylic acids is 1. The zero-order valence-corrected chi connectivity index (χ0v) is 21.6. The highest BCUT2D eigenvalue weighted by Gasteiger charge is 2.38. The van der Waals surface area contributed by atoms with Crippen LogP contribution in [0.1, 0.15) is 26.3 Å². The highest BCUT2D eigenvalue weighted by molar-refractivity contribution is 6.74. The van der Waals surface area contributed by atoms with Gasteiger partial charge in [0.05, 0.1) is 0 Å². The number of nitrogens with one attached hydrogen (secondary N) is 1. The molecular weight excluding hydrogens is 438 g/mol. The number of ether oxygens (including phenoxy) is 4. The van der Waals surface area contributed by atoms with Gasteiger partial charge in [-0.25, -0.2) is 0 Å². The second-order valence-electron chi connectivity index (χ2n) is 9.02. The summed E-state index contributed by atoms with van der Waals surface area (Å²) in [4.78, 5) is 12.4. The standard InChI is InChI=1S/C25H35NO6Si/c1-25(2,3)33(6,7)32-21-12-10-20(11-13-21)26-24(27)15-9-19-8-14-22(30-17-28-4)23(16-19)31-18-29-5/h8-16H,17-18H2,1-7H3,(H,26,27)/b15-9+. The molecule has 0 radical (unpaired) electrons. The number of methoxy groups -OCH3 is 2. The van der Waals surface area contributed by atoms with E-state index in [-0.39, 0.29) is 24.5 Å². The number of anilines is 1. The van der Waals surface area contributed by atoms with Crippen molar-refractivity contribution in [3.05, 3.63) is 54.1 Å². The van der Waals surface area contributed by atoms with Crippen LogP contribution in [-0.4, -0.2) is 42.0 Å². The molecule has 33 heavy (non-hydrogen) atoms. The van der Waals surface area contributed by atoms with E-state index in [1.807, 2.05) is 30.3 Å². The van der Waals surface area contributed by atoms with Gasteiger partial charge in [-0.05, 0) is 66.2 Å². The maximum Gasteiger partial charge on any atom is 0.250 e. The minimum atomic E-state index is -1.90. The van der Waals surface area contributed by atoms with Crippen molar-refractivity contribution in [3.63, 3.8) is 0 Å². The van der Waals surface area contributed by atoms with Gasteiger partial charge in [0.1, 0.15) is 5.75 Å². The molecule has 0 spiro atoms. The Balaban J connectivity index is 2.01. The first-order valence-corrected chi connectivity index (χ1v) is 13.6. The van der Waals surface area contributed by atoms with Gasteiger partial charge in [0.25, 0.3) is 0 Å². The lowest BCUT2D eigenvalue weighted by molar-refractivity contribution is -0.111. The molecule has 2 aromatic rings. The van der Waals surface area contributed by atoms with Crippen molar-refractivity contribution in [2.75, 3.05) is 33.1 Å². The number of rotatable bonds is 11. The van der Waals surface area contributed by atoms with Crippen molar-refractivity contribution >= 4 is 26.0 Å². The Labute approximate surface area is 197 Å². The Hall–Kier alpha value is -2.81. The molecule has 180 valence electrons. The van der Waals surface area contributed by atoms with Gasteiger partial charge in [-0.2, -0.15) is 0 Å². The highest BCUT2D eigenvalue weighted by Crippen LogP contribution is 2.37. The fourth-order valence-corrected chi connectivity index (χ4v) is 3.55. The number of amides is 1. The lowest BCUT2D eigenvalue weighted by atomic mass is 10.2. The van der Waals surface area contributed by atoms with Gasteiger partial charge in [-0.1, -0.05) is 26.8 Å². The average molecular weight is 474 g/mol. The van der Waals surface area contributed by atoms with E-state index in [0.717, 1.165) is 11.3 Å². The summed E-state index contributed by atoms with van der Waals surface area (Å²) in [6.07, 6.45) is 3.16. The van der Waals surface area contributed by atoms with Gasteiger partial charge in [-0.3, -0.25) is 4.79 Å². The van der Waals surface area contributed by atoms with E-state index in [1.165, 1.54) is 13.2 Å². The van der Waals surface area contributed by atoms with Crippen molar-refractivity contribution in [1.82, 2.24) is 0 Å². The number of hydrogen-bond donors (Lipinski definition) is 1. The number of hydrogen-bond acceptors (Lipinski definition) is 6. The fourth-order valence-electron chi connectivity index (χ4n) is 2.52. The van der Waals surface area contributed by atoms with Crippen LogP contribution in [0.5, 0.6) is 17.2 Å². The van der Waals surface area contributed by atoms with E-state index < -0.39 is 8.32 Å². The van der Waals surface area contributed by atoms with E-state index in [0.29, 0.717) is 17.2 Å². The van der Waals surface area contributed by atoms with Gasteiger partial charge in [0.2, 0.25) is 14.2 Å². The van der Waals surface area contributed by atoms with Crippen molar-refractivity contribution in [2.24, 2.45) is 0 Å². The number of carbonyl (C=O) groups is 1. The molecule has 0 atom stereocenters. The van der Waals surface area contributed by atoms with Gasteiger partial charge < -0.3 is 28.7 Å². The van der Waals surface area contributed by atoms with E-state index in [4.69, 9.17) is 23.4 Å². The molecule has 0 bridgehead atoms. The zero-order valence-electron chi connectivity index (χ0n) is 20.6. The summed E-state index contributed by atoms with van der Waals surface area (Å²) in [5.74, 6) is 1.59. The second-order valence-corrected chi connectivity index (χ2v) is 13.7. The predicted octanol–water partition coefficient (Wildman–Crippen LogP) is 5.69. The molecule has 0 aliphatic rings. The molecule has 2 aromatic carbocycles. The van der Waals surface area contributed by atoms with Crippen LogP contribution < -0.4 is 19.2 Å².